The van der Waals surface area contributed by atoms with Crippen molar-refractivity contribution in [3.8, 4) is 11.5 Å². The first-order valence-electron chi connectivity index (χ1n) is 11.4. The van der Waals surface area contributed by atoms with Crippen molar-refractivity contribution in [2.24, 2.45) is 0 Å². The van der Waals surface area contributed by atoms with Gasteiger partial charge in [-0.15, -0.1) is 0 Å². The molecule has 2 amide bonds. The Bertz CT molecular complexity index is 985. The molecule has 0 bridgehead atoms. The van der Waals surface area contributed by atoms with Crippen LogP contribution in [0.5, 0.6) is 11.5 Å². The Hall–Kier alpha value is -3.13. The van der Waals surface area contributed by atoms with Gasteiger partial charge in [0.05, 0.1) is 19.7 Å². The summed E-state index contributed by atoms with van der Waals surface area (Å²) in [6.07, 6.45) is 2.96. The monoisotopic (exact) mass is 456 g/mol. The number of rotatable bonds is 3. The molecule has 8 heteroatoms. The third kappa shape index (κ3) is 5.63. The molecule has 4 rings (SSSR count). The van der Waals surface area contributed by atoms with Gasteiger partial charge in [0.25, 0.3) is 11.8 Å². The highest BCUT2D eigenvalue weighted by Gasteiger charge is 2.44. The molecule has 1 saturated heterocycles. The van der Waals surface area contributed by atoms with Crippen LogP contribution in [0.15, 0.2) is 48.5 Å². The topological polar surface area (TPSA) is 77.1 Å². The molecule has 0 radical (unpaired) electrons. The Morgan fingerprint density at radius 3 is 2.82 bits per heavy atom. The number of morpholine rings is 1. The van der Waals surface area contributed by atoms with Gasteiger partial charge in [-0.25, -0.2) is 4.39 Å². The second-order valence-corrected chi connectivity index (χ2v) is 8.30. The number of amides is 2. The second kappa shape index (κ2) is 10.7. The molecular weight excluding hydrogens is 427 g/mol. The van der Waals surface area contributed by atoms with Gasteiger partial charge in [0.15, 0.2) is 23.8 Å². The van der Waals surface area contributed by atoms with Crippen molar-refractivity contribution in [2.45, 2.75) is 31.3 Å². The van der Waals surface area contributed by atoms with Gasteiger partial charge in [0.1, 0.15) is 12.4 Å². The van der Waals surface area contributed by atoms with Crippen LogP contribution in [0.25, 0.3) is 0 Å². The quantitative estimate of drug-likeness (QED) is 0.769. The Morgan fingerprint density at radius 1 is 1.12 bits per heavy atom. The van der Waals surface area contributed by atoms with Crippen molar-refractivity contribution in [2.75, 3.05) is 39.5 Å². The van der Waals surface area contributed by atoms with E-state index < -0.39 is 11.4 Å². The summed E-state index contributed by atoms with van der Waals surface area (Å²) in [5, 5.41) is 2.91. The normalized spacial score (nSPS) is 21.7. The minimum absolute atomic E-state index is 0.0258. The van der Waals surface area contributed by atoms with Crippen molar-refractivity contribution >= 4 is 11.8 Å². The van der Waals surface area contributed by atoms with E-state index in [0.717, 1.165) is 30.6 Å². The summed E-state index contributed by atoms with van der Waals surface area (Å²) < 4.78 is 31.0. The van der Waals surface area contributed by atoms with Crippen molar-refractivity contribution in [1.82, 2.24) is 10.2 Å². The van der Waals surface area contributed by atoms with Gasteiger partial charge >= 0.3 is 0 Å². The molecular formula is C25H29FN2O5. The molecule has 0 saturated carbocycles. The maximum atomic E-state index is 13.8. The fourth-order valence-corrected chi connectivity index (χ4v) is 4.26. The van der Waals surface area contributed by atoms with Crippen LogP contribution in [0, 0.1) is 5.82 Å². The number of hydrogen-bond acceptors (Lipinski definition) is 5. The average molecular weight is 457 g/mol. The molecule has 0 aliphatic carbocycles. The Morgan fingerprint density at radius 2 is 1.94 bits per heavy atom. The molecule has 1 atom stereocenters. The molecule has 2 aliphatic heterocycles. The molecule has 33 heavy (non-hydrogen) atoms. The molecule has 2 aliphatic rings. The number of nitrogens with zero attached hydrogens (tertiary/aromatic N) is 1. The highest BCUT2D eigenvalue weighted by atomic mass is 19.1. The van der Waals surface area contributed by atoms with Crippen molar-refractivity contribution in [3.63, 3.8) is 0 Å². The molecule has 1 unspecified atom stereocenters. The second-order valence-electron chi connectivity index (χ2n) is 8.30. The van der Waals surface area contributed by atoms with E-state index in [1.165, 1.54) is 12.1 Å². The van der Waals surface area contributed by atoms with Crippen molar-refractivity contribution in [3.05, 3.63) is 59.9 Å². The first-order chi connectivity index (χ1) is 16.1. The van der Waals surface area contributed by atoms with E-state index in [4.69, 9.17) is 14.2 Å². The SMILES string of the molecule is O=C(COc1ccccc1F)N1CCOC2(CCCCc3ccccc3OCCNC2=O)C1. The van der Waals surface area contributed by atoms with Crippen molar-refractivity contribution in [1.29, 1.82) is 0 Å². The zero-order valence-corrected chi connectivity index (χ0v) is 18.6. The van der Waals surface area contributed by atoms with Crippen LogP contribution in [0.1, 0.15) is 24.8 Å². The Balaban J connectivity index is 1.41. The van der Waals surface area contributed by atoms with E-state index in [1.54, 1.807) is 17.0 Å². The molecule has 2 aromatic rings. The fourth-order valence-electron chi connectivity index (χ4n) is 4.26. The van der Waals surface area contributed by atoms with Crippen LogP contribution < -0.4 is 14.8 Å². The lowest BCUT2D eigenvalue weighted by molar-refractivity contribution is -0.168. The summed E-state index contributed by atoms with van der Waals surface area (Å²) in [7, 11) is 0. The van der Waals surface area contributed by atoms with Crippen LogP contribution in [0.4, 0.5) is 4.39 Å². The van der Waals surface area contributed by atoms with Gasteiger partial charge in [0.2, 0.25) is 0 Å². The largest absolute Gasteiger partial charge is 0.491 e. The third-order valence-corrected chi connectivity index (χ3v) is 6.03. The number of benzene rings is 2. The number of carbonyl (C=O) groups is 2. The molecule has 2 heterocycles. The number of nitrogens with one attached hydrogen (secondary N) is 1. The summed E-state index contributed by atoms with van der Waals surface area (Å²) in [5.41, 5.74) is 0.0232. The molecule has 7 nitrogen and oxygen atoms in total. The predicted octanol–water partition coefficient (Wildman–Crippen LogP) is 2.72. The summed E-state index contributed by atoms with van der Waals surface area (Å²) in [6, 6.07) is 13.9. The number of para-hydroxylation sites is 2. The Labute approximate surface area is 192 Å². The number of fused-ring (bicyclic) bond motifs is 1. The van der Waals surface area contributed by atoms with E-state index in [1.807, 2.05) is 18.2 Å². The number of carbonyl (C=O) groups excluding carboxylic acids is 2. The molecule has 2 aromatic carbocycles. The summed E-state index contributed by atoms with van der Waals surface area (Å²) >= 11 is 0. The van der Waals surface area contributed by atoms with Gasteiger partial charge in [0, 0.05) is 6.54 Å². The Kier molecular flexibility index (Phi) is 7.44. The molecule has 1 spiro atoms. The summed E-state index contributed by atoms with van der Waals surface area (Å²) in [5.74, 6) is -0.198. The van der Waals surface area contributed by atoms with Gasteiger partial charge in [-0.3, -0.25) is 9.59 Å². The lowest BCUT2D eigenvalue weighted by Crippen LogP contribution is -2.61. The lowest BCUT2D eigenvalue weighted by Gasteiger charge is -2.41. The van der Waals surface area contributed by atoms with Crippen LogP contribution in [0.2, 0.25) is 0 Å². The van der Waals surface area contributed by atoms with E-state index in [0.29, 0.717) is 26.1 Å². The predicted molar refractivity (Wildman–Crippen MR) is 120 cm³/mol. The zero-order valence-electron chi connectivity index (χ0n) is 18.6. The number of hydrogen-bond donors (Lipinski definition) is 1. The smallest absolute Gasteiger partial charge is 0.260 e. The van der Waals surface area contributed by atoms with Crippen LogP contribution in [0.3, 0.4) is 0 Å². The van der Waals surface area contributed by atoms with Gasteiger partial charge in [-0.1, -0.05) is 30.3 Å². The average Bonchev–Trinajstić information content (AvgIpc) is 2.84. The highest BCUT2D eigenvalue weighted by Crippen LogP contribution is 2.28. The maximum Gasteiger partial charge on any atom is 0.260 e. The van der Waals surface area contributed by atoms with Crippen LogP contribution in [-0.2, 0) is 20.7 Å². The van der Waals surface area contributed by atoms with E-state index >= 15 is 0 Å². The first-order valence-corrected chi connectivity index (χ1v) is 11.4. The minimum atomic E-state index is -1.12. The van der Waals surface area contributed by atoms with Crippen LogP contribution in [-0.4, -0.2) is 61.8 Å². The number of aryl methyl sites for hydroxylation is 1. The maximum absolute atomic E-state index is 13.8. The van der Waals surface area contributed by atoms with E-state index in [9.17, 15) is 14.0 Å². The van der Waals surface area contributed by atoms with Gasteiger partial charge in [-0.05, 0) is 49.4 Å². The van der Waals surface area contributed by atoms with Crippen molar-refractivity contribution < 1.29 is 28.2 Å². The molecule has 0 aromatic heterocycles. The zero-order chi connectivity index (χ0) is 23.1. The standard InChI is InChI=1S/C25H29FN2O5/c26-20-9-2-4-11-22(20)32-17-23(29)28-14-16-33-25(18-28)12-6-5-8-19-7-1-3-10-21(19)31-15-13-27-24(25)30/h1-4,7,9-11H,5-6,8,12-18H2,(H,27,30). The third-order valence-electron chi connectivity index (χ3n) is 6.03. The highest BCUT2D eigenvalue weighted by molar-refractivity contribution is 5.87. The lowest BCUT2D eigenvalue weighted by atomic mass is 9.91. The van der Waals surface area contributed by atoms with Gasteiger partial charge < -0.3 is 24.4 Å². The fraction of sp³-hybridized carbons (Fsp3) is 0.440. The molecule has 1 fully saturated rings. The van der Waals surface area contributed by atoms with E-state index in [-0.39, 0.29) is 37.3 Å². The summed E-state index contributed by atoms with van der Waals surface area (Å²) in [6.45, 7) is 1.11. The van der Waals surface area contributed by atoms with Gasteiger partial charge in [-0.2, -0.15) is 0 Å². The molecule has 1 N–H and O–H groups in total. The number of ether oxygens (including phenoxy) is 3. The minimum Gasteiger partial charge on any atom is -0.491 e. The molecule has 176 valence electrons. The first kappa shape index (κ1) is 23.0. The van der Waals surface area contributed by atoms with E-state index in [2.05, 4.69) is 11.4 Å². The number of halogens is 1. The summed E-state index contributed by atoms with van der Waals surface area (Å²) in [4.78, 5) is 27.5. The van der Waals surface area contributed by atoms with Crippen LogP contribution >= 0.6 is 0 Å².